The molecule has 0 amide bonds. The monoisotopic (exact) mass is 368 g/mol. The van der Waals surface area contributed by atoms with Crippen LogP contribution in [-0.4, -0.2) is 19.7 Å². The summed E-state index contributed by atoms with van der Waals surface area (Å²) in [6.45, 7) is 1.02. The quantitative estimate of drug-likeness (QED) is 0.461. The normalized spacial score (nSPS) is 15.1. The van der Waals surface area contributed by atoms with Crippen LogP contribution in [0.3, 0.4) is 0 Å². The van der Waals surface area contributed by atoms with Gasteiger partial charge in [-0.25, -0.2) is 0 Å². The van der Waals surface area contributed by atoms with Crippen molar-refractivity contribution in [2.45, 2.75) is 38.6 Å². The molecule has 4 heteroatoms. The van der Waals surface area contributed by atoms with Crippen molar-refractivity contribution in [2.75, 3.05) is 0 Å². The van der Waals surface area contributed by atoms with E-state index < -0.39 is 0 Å². The van der Waals surface area contributed by atoms with Crippen LogP contribution in [0.2, 0.25) is 0 Å². The van der Waals surface area contributed by atoms with E-state index >= 15 is 0 Å². The van der Waals surface area contributed by atoms with Gasteiger partial charge in [0.15, 0.2) is 0 Å². The van der Waals surface area contributed by atoms with Crippen LogP contribution in [0.25, 0.3) is 33.3 Å². The van der Waals surface area contributed by atoms with E-state index in [0.29, 0.717) is 0 Å². The standard InChI is InChI=1S/C24H24N4/c1-2-6-18(7-3-1)16-28-17-21(15-27-28)22-9-5-13-26-24(22)20-11-10-19-8-4-12-25-23(19)14-20/h4-5,8-15,17-18H,1-3,6-7,16H2. The molecule has 0 bridgehead atoms. The summed E-state index contributed by atoms with van der Waals surface area (Å²) in [4.78, 5) is 9.19. The zero-order chi connectivity index (χ0) is 18.8. The first-order valence-electron chi connectivity index (χ1n) is 10.2. The highest BCUT2D eigenvalue weighted by Crippen LogP contribution is 2.32. The summed E-state index contributed by atoms with van der Waals surface area (Å²) in [6, 6.07) is 14.5. The average molecular weight is 368 g/mol. The number of nitrogens with zero attached hydrogens (tertiary/aromatic N) is 4. The van der Waals surface area contributed by atoms with Gasteiger partial charge in [-0.15, -0.1) is 0 Å². The molecule has 0 unspecified atom stereocenters. The van der Waals surface area contributed by atoms with Gasteiger partial charge in [-0.05, 0) is 37.0 Å². The predicted octanol–water partition coefficient (Wildman–Crippen LogP) is 5.74. The molecule has 140 valence electrons. The van der Waals surface area contributed by atoms with Gasteiger partial charge < -0.3 is 0 Å². The lowest BCUT2D eigenvalue weighted by atomic mass is 9.89. The Labute approximate surface area is 165 Å². The average Bonchev–Trinajstić information content (AvgIpc) is 3.22. The second-order valence-electron chi connectivity index (χ2n) is 7.77. The molecule has 3 heterocycles. The SMILES string of the molecule is c1cnc(-c2ccc3cccnc3c2)c(-c2cnn(CC3CCCCC3)c2)c1. The number of benzene rings is 1. The highest BCUT2D eigenvalue weighted by molar-refractivity contribution is 5.87. The van der Waals surface area contributed by atoms with Crippen molar-refractivity contribution in [3.8, 4) is 22.4 Å². The molecule has 4 nitrogen and oxygen atoms in total. The third-order valence-corrected chi connectivity index (χ3v) is 5.80. The van der Waals surface area contributed by atoms with Crippen LogP contribution >= 0.6 is 0 Å². The highest BCUT2D eigenvalue weighted by Gasteiger charge is 2.16. The van der Waals surface area contributed by atoms with Crippen LogP contribution < -0.4 is 0 Å². The van der Waals surface area contributed by atoms with E-state index in [1.54, 1.807) is 0 Å². The number of hydrogen-bond donors (Lipinski definition) is 0. The molecule has 0 N–H and O–H groups in total. The molecule has 0 aliphatic heterocycles. The van der Waals surface area contributed by atoms with Gasteiger partial charge in [-0.3, -0.25) is 14.6 Å². The van der Waals surface area contributed by atoms with E-state index in [1.165, 1.54) is 32.1 Å². The van der Waals surface area contributed by atoms with E-state index in [1.807, 2.05) is 30.7 Å². The van der Waals surface area contributed by atoms with Gasteiger partial charge in [0.1, 0.15) is 0 Å². The van der Waals surface area contributed by atoms with Crippen LogP contribution in [0.4, 0.5) is 0 Å². The Balaban J connectivity index is 1.47. The molecule has 28 heavy (non-hydrogen) atoms. The Hall–Kier alpha value is -3.01. The second kappa shape index (κ2) is 7.55. The number of fused-ring (bicyclic) bond motifs is 1. The Morgan fingerprint density at radius 1 is 0.893 bits per heavy atom. The number of rotatable bonds is 4. The van der Waals surface area contributed by atoms with Gasteiger partial charge in [0.25, 0.3) is 0 Å². The Morgan fingerprint density at radius 3 is 2.68 bits per heavy atom. The third-order valence-electron chi connectivity index (χ3n) is 5.80. The van der Waals surface area contributed by atoms with Crippen molar-refractivity contribution in [1.29, 1.82) is 0 Å². The van der Waals surface area contributed by atoms with Crippen LogP contribution in [0.5, 0.6) is 0 Å². The Bertz CT molecular complexity index is 1090. The molecule has 0 atom stereocenters. The van der Waals surface area contributed by atoms with Crippen molar-refractivity contribution in [3.63, 3.8) is 0 Å². The van der Waals surface area contributed by atoms with E-state index in [0.717, 1.165) is 45.7 Å². The molecule has 5 rings (SSSR count). The summed E-state index contributed by atoms with van der Waals surface area (Å²) < 4.78 is 2.12. The van der Waals surface area contributed by atoms with E-state index in [9.17, 15) is 0 Å². The minimum atomic E-state index is 0.765. The molecule has 1 saturated carbocycles. The first-order chi connectivity index (χ1) is 13.9. The summed E-state index contributed by atoms with van der Waals surface area (Å²) in [5, 5.41) is 5.79. The Kier molecular flexibility index (Phi) is 4.61. The zero-order valence-electron chi connectivity index (χ0n) is 16.0. The number of aromatic nitrogens is 4. The van der Waals surface area contributed by atoms with Crippen LogP contribution in [-0.2, 0) is 6.54 Å². The molecule has 3 aromatic heterocycles. The minimum absolute atomic E-state index is 0.765. The smallest absolute Gasteiger partial charge is 0.0782 e. The summed E-state index contributed by atoms with van der Waals surface area (Å²) in [7, 11) is 0. The van der Waals surface area contributed by atoms with Gasteiger partial charge in [0.2, 0.25) is 0 Å². The second-order valence-corrected chi connectivity index (χ2v) is 7.77. The molecule has 1 aromatic carbocycles. The number of pyridine rings is 2. The largest absolute Gasteiger partial charge is 0.272 e. The maximum Gasteiger partial charge on any atom is 0.0782 e. The fourth-order valence-corrected chi connectivity index (χ4v) is 4.32. The molecular formula is C24H24N4. The first kappa shape index (κ1) is 17.1. The lowest BCUT2D eigenvalue weighted by molar-refractivity contribution is 0.308. The van der Waals surface area contributed by atoms with Crippen LogP contribution in [0.1, 0.15) is 32.1 Å². The maximum absolute atomic E-state index is 4.69. The lowest BCUT2D eigenvalue weighted by Gasteiger charge is -2.21. The molecule has 1 aliphatic carbocycles. The summed E-state index contributed by atoms with van der Waals surface area (Å²) >= 11 is 0. The molecule has 1 aliphatic rings. The fraction of sp³-hybridized carbons (Fsp3) is 0.292. The van der Waals surface area contributed by atoms with E-state index in [-0.39, 0.29) is 0 Å². The molecule has 0 spiro atoms. The predicted molar refractivity (Wildman–Crippen MR) is 113 cm³/mol. The topological polar surface area (TPSA) is 43.6 Å². The molecule has 0 saturated heterocycles. The highest BCUT2D eigenvalue weighted by atomic mass is 15.3. The minimum Gasteiger partial charge on any atom is -0.272 e. The van der Waals surface area contributed by atoms with Crippen molar-refractivity contribution < 1.29 is 0 Å². The van der Waals surface area contributed by atoms with Crippen molar-refractivity contribution in [1.82, 2.24) is 19.7 Å². The van der Waals surface area contributed by atoms with Gasteiger partial charge in [0, 0.05) is 47.2 Å². The van der Waals surface area contributed by atoms with Gasteiger partial charge in [-0.2, -0.15) is 5.10 Å². The summed E-state index contributed by atoms with van der Waals surface area (Å²) in [5.41, 5.74) is 5.30. The van der Waals surface area contributed by atoms with E-state index in [4.69, 9.17) is 4.98 Å². The molecule has 0 radical (unpaired) electrons. The molecule has 4 aromatic rings. The van der Waals surface area contributed by atoms with Crippen molar-refractivity contribution in [3.05, 3.63) is 67.3 Å². The van der Waals surface area contributed by atoms with Gasteiger partial charge in [0.05, 0.1) is 17.4 Å². The van der Waals surface area contributed by atoms with Crippen molar-refractivity contribution in [2.24, 2.45) is 5.92 Å². The number of hydrogen-bond acceptors (Lipinski definition) is 3. The Morgan fingerprint density at radius 2 is 1.75 bits per heavy atom. The van der Waals surface area contributed by atoms with E-state index in [2.05, 4.69) is 51.3 Å². The van der Waals surface area contributed by atoms with Crippen LogP contribution in [0, 0.1) is 5.92 Å². The first-order valence-corrected chi connectivity index (χ1v) is 10.2. The van der Waals surface area contributed by atoms with Gasteiger partial charge in [-0.1, -0.05) is 43.5 Å². The summed E-state index contributed by atoms with van der Waals surface area (Å²) in [5.74, 6) is 0.765. The van der Waals surface area contributed by atoms with Gasteiger partial charge >= 0.3 is 0 Å². The van der Waals surface area contributed by atoms with Crippen molar-refractivity contribution >= 4 is 10.9 Å². The molecular weight excluding hydrogens is 344 g/mol. The fourth-order valence-electron chi connectivity index (χ4n) is 4.32. The lowest BCUT2D eigenvalue weighted by Crippen LogP contribution is -2.14. The summed E-state index contributed by atoms with van der Waals surface area (Å²) in [6.07, 6.45) is 14.6. The van der Waals surface area contributed by atoms with Crippen LogP contribution in [0.15, 0.2) is 67.3 Å². The maximum atomic E-state index is 4.69. The third kappa shape index (κ3) is 3.42. The zero-order valence-corrected chi connectivity index (χ0v) is 16.0. The molecule has 1 fully saturated rings.